The lowest BCUT2D eigenvalue weighted by atomic mass is 10.2. The van der Waals surface area contributed by atoms with Crippen molar-refractivity contribution in [1.82, 2.24) is 0 Å². The fourth-order valence-corrected chi connectivity index (χ4v) is 0.737. The van der Waals surface area contributed by atoms with E-state index < -0.39 is 0 Å². The summed E-state index contributed by atoms with van der Waals surface area (Å²) in [7, 11) is 0. The van der Waals surface area contributed by atoms with E-state index in [0.717, 1.165) is 5.56 Å². The molecule has 0 saturated carbocycles. The number of nitrogen functional groups attached to an aromatic ring is 1. The van der Waals surface area contributed by atoms with E-state index in [4.69, 9.17) is 5.84 Å². The average Bonchev–Trinajstić information content (AvgIpc) is 2.08. The van der Waals surface area contributed by atoms with E-state index in [1.54, 1.807) is 12.1 Å². The van der Waals surface area contributed by atoms with Crippen molar-refractivity contribution >= 4 is 5.69 Å². The zero-order valence-corrected chi connectivity index (χ0v) is 7.69. The van der Waals surface area contributed by atoms with E-state index in [1.165, 1.54) is 6.07 Å². The molecule has 0 radical (unpaired) electrons. The molecule has 0 amide bonds. The van der Waals surface area contributed by atoms with E-state index in [2.05, 4.69) is 5.43 Å². The number of halogens is 1. The lowest BCUT2D eigenvalue weighted by Crippen LogP contribution is -2.08. The molecule has 1 aromatic rings. The molecule has 2 nitrogen and oxygen atoms in total. The number of hydrazine groups is 1. The van der Waals surface area contributed by atoms with Gasteiger partial charge in [-0.25, -0.2) is 4.39 Å². The third-order valence-corrected chi connectivity index (χ3v) is 1.28. The first-order valence-corrected chi connectivity index (χ1v) is 3.97. The number of aryl methyl sites for hydroxylation is 1. The molecule has 3 heteroatoms. The van der Waals surface area contributed by atoms with Crippen LogP contribution in [0.2, 0.25) is 0 Å². The second-order valence-electron chi connectivity index (χ2n) is 2.13. The smallest absolute Gasteiger partial charge is 0.147 e. The number of hydrogen-bond acceptors (Lipinski definition) is 2. The van der Waals surface area contributed by atoms with E-state index in [-0.39, 0.29) is 5.82 Å². The number of anilines is 1. The van der Waals surface area contributed by atoms with Gasteiger partial charge in [-0.1, -0.05) is 19.9 Å². The molecule has 0 aliphatic heterocycles. The molecule has 1 aromatic carbocycles. The highest BCUT2D eigenvalue weighted by molar-refractivity contribution is 5.44. The molecule has 0 aliphatic rings. The fraction of sp³-hybridized carbons (Fsp3) is 0.333. The Morgan fingerprint density at radius 1 is 1.33 bits per heavy atom. The van der Waals surface area contributed by atoms with Crippen LogP contribution in [-0.2, 0) is 0 Å². The summed E-state index contributed by atoms with van der Waals surface area (Å²) in [6, 6.07) is 4.82. The van der Waals surface area contributed by atoms with Crippen molar-refractivity contribution < 1.29 is 4.39 Å². The fourth-order valence-electron chi connectivity index (χ4n) is 0.737. The van der Waals surface area contributed by atoms with Crippen LogP contribution < -0.4 is 11.3 Å². The van der Waals surface area contributed by atoms with Gasteiger partial charge >= 0.3 is 0 Å². The van der Waals surface area contributed by atoms with Gasteiger partial charge in [-0.15, -0.1) is 0 Å². The van der Waals surface area contributed by atoms with Crippen LogP contribution in [0.1, 0.15) is 19.4 Å². The summed E-state index contributed by atoms with van der Waals surface area (Å²) in [6.07, 6.45) is 0. The minimum atomic E-state index is -0.317. The molecule has 0 heterocycles. The van der Waals surface area contributed by atoms with Gasteiger partial charge in [-0.05, 0) is 24.6 Å². The van der Waals surface area contributed by atoms with Crippen molar-refractivity contribution in [1.29, 1.82) is 0 Å². The number of hydrogen-bond donors (Lipinski definition) is 2. The Hall–Kier alpha value is -1.09. The first-order valence-electron chi connectivity index (χ1n) is 3.97. The van der Waals surface area contributed by atoms with Crippen molar-refractivity contribution in [3.63, 3.8) is 0 Å². The number of nitrogens with one attached hydrogen (secondary N) is 1. The van der Waals surface area contributed by atoms with Gasteiger partial charge in [0.25, 0.3) is 0 Å². The SMILES string of the molecule is CC.Cc1ccc(NN)c(F)c1. The number of benzene rings is 1. The highest BCUT2D eigenvalue weighted by Gasteiger charge is 1.97. The van der Waals surface area contributed by atoms with Crippen LogP contribution in [0.3, 0.4) is 0 Å². The molecule has 0 fully saturated rings. The lowest BCUT2D eigenvalue weighted by molar-refractivity contribution is 0.629. The minimum Gasteiger partial charge on any atom is -0.321 e. The molecule has 0 aliphatic carbocycles. The van der Waals surface area contributed by atoms with Crippen LogP contribution in [0.4, 0.5) is 10.1 Å². The maximum Gasteiger partial charge on any atom is 0.147 e. The summed E-state index contributed by atoms with van der Waals surface area (Å²) in [5.41, 5.74) is 3.46. The molecule has 0 spiro atoms. The van der Waals surface area contributed by atoms with Gasteiger partial charge in [0.15, 0.2) is 0 Å². The van der Waals surface area contributed by atoms with E-state index >= 15 is 0 Å². The van der Waals surface area contributed by atoms with Crippen molar-refractivity contribution in [2.45, 2.75) is 20.8 Å². The molecule has 0 atom stereocenters. The van der Waals surface area contributed by atoms with Gasteiger partial charge in [0, 0.05) is 0 Å². The maximum absolute atomic E-state index is 12.7. The van der Waals surface area contributed by atoms with E-state index in [9.17, 15) is 4.39 Å². The second kappa shape index (κ2) is 5.55. The molecular formula is C9H15FN2. The van der Waals surface area contributed by atoms with Crippen molar-refractivity contribution in [2.75, 3.05) is 5.43 Å². The van der Waals surface area contributed by atoms with Crippen LogP contribution in [-0.4, -0.2) is 0 Å². The third kappa shape index (κ3) is 2.88. The van der Waals surface area contributed by atoms with Crippen molar-refractivity contribution in [2.24, 2.45) is 5.84 Å². The van der Waals surface area contributed by atoms with Gasteiger partial charge in [0.2, 0.25) is 0 Å². The summed E-state index contributed by atoms with van der Waals surface area (Å²) < 4.78 is 12.7. The van der Waals surface area contributed by atoms with Crippen LogP contribution in [0.15, 0.2) is 18.2 Å². The Labute approximate surface area is 72.6 Å². The van der Waals surface area contributed by atoms with E-state index in [1.807, 2.05) is 20.8 Å². The normalized spacial score (nSPS) is 8.42. The van der Waals surface area contributed by atoms with Gasteiger partial charge in [-0.2, -0.15) is 0 Å². The van der Waals surface area contributed by atoms with Gasteiger partial charge in [0.1, 0.15) is 5.82 Å². The number of rotatable bonds is 1. The Morgan fingerprint density at radius 2 is 1.92 bits per heavy atom. The van der Waals surface area contributed by atoms with Gasteiger partial charge < -0.3 is 5.43 Å². The quantitative estimate of drug-likeness (QED) is 0.502. The van der Waals surface area contributed by atoms with E-state index in [0.29, 0.717) is 5.69 Å². The molecule has 0 unspecified atom stereocenters. The average molecular weight is 170 g/mol. The Kier molecular flexibility index (Phi) is 5.04. The monoisotopic (exact) mass is 170 g/mol. The first-order chi connectivity index (χ1) is 5.74. The minimum absolute atomic E-state index is 0.317. The largest absolute Gasteiger partial charge is 0.321 e. The van der Waals surface area contributed by atoms with Crippen molar-refractivity contribution in [3.05, 3.63) is 29.6 Å². The summed E-state index contributed by atoms with van der Waals surface area (Å²) in [4.78, 5) is 0. The Bertz CT molecular complexity index is 236. The van der Waals surface area contributed by atoms with Crippen LogP contribution in [0.5, 0.6) is 0 Å². The highest BCUT2D eigenvalue weighted by atomic mass is 19.1. The van der Waals surface area contributed by atoms with Gasteiger partial charge in [-0.3, -0.25) is 5.84 Å². The highest BCUT2D eigenvalue weighted by Crippen LogP contribution is 2.12. The zero-order chi connectivity index (χ0) is 9.56. The Morgan fingerprint density at radius 3 is 2.33 bits per heavy atom. The molecule has 0 saturated heterocycles. The van der Waals surface area contributed by atoms with Crippen LogP contribution >= 0.6 is 0 Å². The summed E-state index contributed by atoms with van der Waals surface area (Å²) in [5, 5.41) is 0. The summed E-state index contributed by atoms with van der Waals surface area (Å²) in [5.74, 6) is 4.69. The molecule has 1 rings (SSSR count). The Balaban J connectivity index is 0.000000561. The van der Waals surface area contributed by atoms with Gasteiger partial charge in [0.05, 0.1) is 5.69 Å². The lowest BCUT2D eigenvalue weighted by Gasteiger charge is -2.00. The first kappa shape index (κ1) is 10.9. The molecule has 12 heavy (non-hydrogen) atoms. The molecule has 68 valence electrons. The molecule has 3 N–H and O–H groups in total. The summed E-state index contributed by atoms with van der Waals surface area (Å²) >= 11 is 0. The number of nitrogens with two attached hydrogens (primary N) is 1. The molecule has 0 aromatic heterocycles. The maximum atomic E-state index is 12.7. The van der Waals surface area contributed by atoms with Crippen LogP contribution in [0.25, 0.3) is 0 Å². The zero-order valence-electron chi connectivity index (χ0n) is 7.69. The topological polar surface area (TPSA) is 38.0 Å². The molecule has 0 bridgehead atoms. The molecular weight excluding hydrogens is 155 g/mol. The predicted molar refractivity (Wildman–Crippen MR) is 50.3 cm³/mol. The standard InChI is InChI=1S/C7H9FN2.C2H6/c1-5-2-3-7(10-9)6(8)4-5;1-2/h2-4,10H,9H2,1H3;1-2H3. The predicted octanol–water partition coefficient (Wildman–Crippen LogP) is 2.45. The second-order valence-corrected chi connectivity index (χ2v) is 2.13. The van der Waals surface area contributed by atoms with Crippen LogP contribution in [0, 0.1) is 12.7 Å². The van der Waals surface area contributed by atoms with Crippen molar-refractivity contribution in [3.8, 4) is 0 Å². The summed E-state index contributed by atoms with van der Waals surface area (Å²) in [6.45, 7) is 5.82. The third-order valence-electron chi connectivity index (χ3n) is 1.28.